The number of rotatable bonds is 27. The zero-order chi connectivity index (χ0) is 31.1. The number of aromatic nitrogens is 2. The Kier molecular flexibility index (Phi) is 21.9. The summed E-state index contributed by atoms with van der Waals surface area (Å²) in [6.07, 6.45) is 21.6. The van der Waals surface area contributed by atoms with Crippen molar-refractivity contribution in [2.45, 2.75) is 174 Å². The Hall–Kier alpha value is -1.49. The van der Waals surface area contributed by atoms with E-state index in [0.29, 0.717) is 35.7 Å². The van der Waals surface area contributed by atoms with E-state index < -0.39 is 8.32 Å². The van der Waals surface area contributed by atoms with Gasteiger partial charge in [0, 0.05) is 12.7 Å². The molecule has 0 amide bonds. The van der Waals surface area contributed by atoms with Crippen LogP contribution in [0, 0.1) is 11.3 Å². The first-order chi connectivity index (χ1) is 20.3. The second kappa shape index (κ2) is 23.9. The minimum atomic E-state index is -2.03. The van der Waals surface area contributed by atoms with E-state index >= 15 is 0 Å². The molecule has 0 spiro atoms. The van der Waals surface area contributed by atoms with E-state index in [9.17, 15) is 0 Å². The summed E-state index contributed by atoms with van der Waals surface area (Å²) in [4.78, 5) is 0. The van der Waals surface area contributed by atoms with Crippen molar-refractivity contribution in [1.29, 1.82) is 5.26 Å². The van der Waals surface area contributed by atoms with Gasteiger partial charge in [-0.2, -0.15) is 5.26 Å². The Morgan fingerprint density at radius 2 is 1.14 bits per heavy atom. The van der Waals surface area contributed by atoms with E-state index in [1.165, 1.54) is 96.3 Å². The van der Waals surface area contributed by atoms with Crippen LogP contribution in [0.25, 0.3) is 0 Å². The van der Waals surface area contributed by atoms with Crippen LogP contribution in [0.5, 0.6) is 5.88 Å². The van der Waals surface area contributed by atoms with Crippen LogP contribution in [0.3, 0.4) is 0 Å². The van der Waals surface area contributed by atoms with Crippen molar-refractivity contribution in [1.82, 2.24) is 10.2 Å². The maximum atomic E-state index is 9.03. The van der Waals surface area contributed by atoms with Crippen molar-refractivity contribution in [3.8, 4) is 11.9 Å². The molecule has 1 atom stereocenters. The number of ether oxygens (including phenoxy) is 2. The summed E-state index contributed by atoms with van der Waals surface area (Å²) in [6.45, 7) is 17.7. The summed E-state index contributed by atoms with van der Waals surface area (Å²) in [6, 6.07) is 5.34. The van der Waals surface area contributed by atoms with Gasteiger partial charge < -0.3 is 13.9 Å². The molecule has 1 heterocycles. The first-order valence-electron chi connectivity index (χ1n) is 17.4. The normalized spacial score (nSPS) is 12.8. The molecule has 0 saturated heterocycles. The maximum absolute atomic E-state index is 9.03. The number of nitrogens with zero attached hydrogens (tertiary/aromatic N) is 3. The van der Waals surface area contributed by atoms with Crippen molar-refractivity contribution in [3.05, 3.63) is 17.8 Å². The summed E-state index contributed by atoms with van der Waals surface area (Å²) < 4.78 is 19.1. The molecule has 6 nitrogen and oxygen atoms in total. The predicted octanol–water partition coefficient (Wildman–Crippen LogP) is 10.6. The van der Waals surface area contributed by atoms with Gasteiger partial charge in [0.15, 0.2) is 5.69 Å². The molecule has 42 heavy (non-hydrogen) atoms. The zero-order valence-electron chi connectivity index (χ0n) is 28.5. The molecule has 0 aliphatic heterocycles. The predicted molar refractivity (Wildman–Crippen MR) is 179 cm³/mol. The van der Waals surface area contributed by atoms with Crippen molar-refractivity contribution >= 4 is 8.32 Å². The minimum absolute atomic E-state index is 0.267. The van der Waals surface area contributed by atoms with E-state index in [0.717, 1.165) is 13.0 Å². The van der Waals surface area contributed by atoms with Crippen LogP contribution in [-0.2, 0) is 9.16 Å². The largest absolute Gasteiger partial charge is 0.468 e. The van der Waals surface area contributed by atoms with Gasteiger partial charge in [0.2, 0.25) is 14.2 Å². The molecule has 242 valence electrons. The Morgan fingerprint density at radius 3 is 1.55 bits per heavy atom. The lowest BCUT2D eigenvalue weighted by Gasteiger charge is -2.42. The summed E-state index contributed by atoms with van der Waals surface area (Å²) in [5, 5.41) is 17.0. The quantitative estimate of drug-likeness (QED) is 0.0735. The lowest BCUT2D eigenvalue weighted by atomic mass is 10.0. The highest BCUT2D eigenvalue weighted by molar-refractivity contribution is 6.77. The van der Waals surface area contributed by atoms with Gasteiger partial charge in [-0.25, -0.2) is 0 Å². The van der Waals surface area contributed by atoms with E-state index in [1.54, 1.807) is 12.1 Å². The average Bonchev–Trinajstić information content (AvgIpc) is 2.96. The van der Waals surface area contributed by atoms with Gasteiger partial charge in [-0.3, -0.25) is 0 Å². The van der Waals surface area contributed by atoms with Crippen LogP contribution in [0.2, 0.25) is 16.6 Å². The number of nitriles is 1. The molecule has 0 radical (unpaired) electrons. The Bertz CT molecular complexity index is 789. The molecule has 1 rings (SSSR count). The monoisotopic (exact) mass is 603 g/mol. The summed E-state index contributed by atoms with van der Waals surface area (Å²) in [5.41, 5.74) is 1.78. The highest BCUT2D eigenvalue weighted by atomic mass is 28.4. The minimum Gasteiger partial charge on any atom is -0.468 e. The molecule has 0 bridgehead atoms. The summed E-state index contributed by atoms with van der Waals surface area (Å²) >= 11 is 0. The molecule has 1 aromatic rings. The van der Waals surface area contributed by atoms with Crippen LogP contribution in [0.1, 0.15) is 157 Å². The summed E-state index contributed by atoms with van der Waals surface area (Å²) in [7, 11) is -2.03. The van der Waals surface area contributed by atoms with E-state index in [-0.39, 0.29) is 11.8 Å². The van der Waals surface area contributed by atoms with Crippen LogP contribution < -0.4 is 4.74 Å². The Morgan fingerprint density at radius 1 is 0.667 bits per heavy atom. The SMILES string of the molecule is CCCCCCCCCCCCCCCCCCOCC(CO[Si](C(C)C)(C(C)C)C(C)C)Oc1ccc(C#N)nn1. The number of hydrogen-bond acceptors (Lipinski definition) is 6. The van der Waals surface area contributed by atoms with Gasteiger partial charge in [0.05, 0.1) is 13.2 Å². The molecule has 0 saturated carbocycles. The number of hydrogen-bond donors (Lipinski definition) is 0. The molecule has 1 unspecified atom stereocenters. The third-order valence-corrected chi connectivity index (χ3v) is 14.8. The van der Waals surface area contributed by atoms with Gasteiger partial charge in [-0.05, 0) is 29.1 Å². The van der Waals surface area contributed by atoms with Crippen LogP contribution >= 0.6 is 0 Å². The maximum Gasteiger partial charge on any atom is 0.233 e. The Balaban J connectivity index is 2.31. The smallest absolute Gasteiger partial charge is 0.233 e. The fraction of sp³-hybridized carbons (Fsp3) is 0.857. The zero-order valence-corrected chi connectivity index (χ0v) is 29.5. The lowest BCUT2D eigenvalue weighted by molar-refractivity contribution is 0.0181. The highest BCUT2D eigenvalue weighted by Gasteiger charge is 2.45. The Labute approximate surface area is 260 Å². The van der Waals surface area contributed by atoms with Gasteiger partial charge in [-0.15, -0.1) is 10.2 Å². The molecule has 0 fully saturated rings. The molecule has 7 heteroatoms. The lowest BCUT2D eigenvalue weighted by Crippen LogP contribution is -2.50. The van der Waals surface area contributed by atoms with Gasteiger partial charge in [-0.1, -0.05) is 145 Å². The second-order valence-electron chi connectivity index (χ2n) is 13.1. The van der Waals surface area contributed by atoms with Gasteiger partial charge in [0.25, 0.3) is 0 Å². The third-order valence-electron chi connectivity index (χ3n) is 8.71. The molecular weight excluding hydrogens is 538 g/mol. The van der Waals surface area contributed by atoms with Crippen molar-refractivity contribution < 1.29 is 13.9 Å². The molecule has 0 N–H and O–H groups in total. The third kappa shape index (κ3) is 15.8. The van der Waals surface area contributed by atoms with Crippen LogP contribution in [0.4, 0.5) is 0 Å². The van der Waals surface area contributed by atoms with E-state index in [1.807, 2.05) is 6.07 Å². The highest BCUT2D eigenvalue weighted by Crippen LogP contribution is 2.42. The fourth-order valence-electron chi connectivity index (χ4n) is 6.43. The molecule has 0 aliphatic carbocycles. The first-order valence-corrected chi connectivity index (χ1v) is 19.5. The molecular formula is C35H65N3O3Si. The van der Waals surface area contributed by atoms with Crippen molar-refractivity contribution in [3.63, 3.8) is 0 Å². The average molecular weight is 604 g/mol. The topological polar surface area (TPSA) is 77.3 Å². The molecule has 1 aromatic heterocycles. The fourth-order valence-corrected chi connectivity index (χ4v) is 11.9. The number of unbranched alkanes of at least 4 members (excludes halogenated alkanes) is 15. The van der Waals surface area contributed by atoms with Crippen molar-refractivity contribution in [2.24, 2.45) is 0 Å². The molecule has 0 aromatic carbocycles. The summed E-state index contributed by atoms with van der Waals surface area (Å²) in [5.74, 6) is 0.402. The van der Waals surface area contributed by atoms with E-state index in [4.69, 9.17) is 19.2 Å². The van der Waals surface area contributed by atoms with Crippen LogP contribution in [0.15, 0.2) is 12.1 Å². The molecule has 0 aliphatic rings. The van der Waals surface area contributed by atoms with Crippen molar-refractivity contribution in [2.75, 3.05) is 19.8 Å². The van der Waals surface area contributed by atoms with Crippen LogP contribution in [-0.4, -0.2) is 44.4 Å². The standard InChI is InChI=1S/C35H65N3O3Si/c1-8-9-10-11-12-13-14-15-16-17-18-19-20-21-22-23-26-39-28-34(41-35-25-24-33(27-36)37-38-35)29-40-42(30(2)3,31(4)5)32(6)7/h24-25,30-32,34H,8-23,26,28-29H2,1-7H3. The second-order valence-corrected chi connectivity index (χ2v) is 18.6. The van der Waals surface area contributed by atoms with E-state index in [2.05, 4.69) is 58.7 Å². The van der Waals surface area contributed by atoms with Gasteiger partial charge in [0.1, 0.15) is 12.2 Å². The first kappa shape index (κ1) is 38.5. The van der Waals surface area contributed by atoms with Gasteiger partial charge >= 0.3 is 0 Å².